The summed E-state index contributed by atoms with van der Waals surface area (Å²) in [7, 11) is 0. The molecule has 0 radical (unpaired) electrons. The van der Waals surface area contributed by atoms with Crippen LogP contribution in [-0.2, 0) is 5.41 Å². The van der Waals surface area contributed by atoms with E-state index in [1.165, 1.54) is 18.4 Å². The third-order valence-electron chi connectivity index (χ3n) is 6.44. The van der Waals surface area contributed by atoms with Gasteiger partial charge in [-0.15, -0.1) is 0 Å². The first-order valence-corrected chi connectivity index (χ1v) is 9.99. The van der Waals surface area contributed by atoms with Gasteiger partial charge in [-0.25, -0.2) is 9.97 Å². The first kappa shape index (κ1) is 16.8. The number of nitrogens with zero attached hydrogens (tertiary/aromatic N) is 3. The van der Waals surface area contributed by atoms with E-state index in [2.05, 4.69) is 40.0 Å². The number of rotatable bonds is 5. The lowest BCUT2D eigenvalue weighted by Gasteiger charge is -2.19. The number of aliphatic hydroxyl groups excluding tert-OH is 1. The average molecular weight is 362 g/mol. The third kappa shape index (κ3) is 3.00. The van der Waals surface area contributed by atoms with E-state index in [9.17, 15) is 5.11 Å². The minimum atomic E-state index is 0.242. The Labute approximate surface area is 159 Å². The highest BCUT2D eigenvalue weighted by Gasteiger charge is 2.39. The van der Waals surface area contributed by atoms with Gasteiger partial charge in [0.1, 0.15) is 11.5 Å². The van der Waals surface area contributed by atoms with Gasteiger partial charge >= 0.3 is 0 Å². The summed E-state index contributed by atoms with van der Waals surface area (Å²) in [5, 5.41) is 13.1. The van der Waals surface area contributed by atoms with Gasteiger partial charge in [0.15, 0.2) is 0 Å². The highest BCUT2D eigenvalue weighted by molar-refractivity contribution is 5.62. The number of hydrogen-bond acceptors (Lipinski definition) is 4. The summed E-state index contributed by atoms with van der Waals surface area (Å²) in [6, 6.07) is 10.7. The van der Waals surface area contributed by atoms with E-state index in [-0.39, 0.29) is 6.61 Å². The van der Waals surface area contributed by atoms with E-state index in [1.807, 2.05) is 24.4 Å². The molecule has 3 aromatic heterocycles. The fourth-order valence-electron chi connectivity index (χ4n) is 4.30. The molecule has 140 valence electrons. The molecule has 27 heavy (non-hydrogen) atoms. The predicted octanol–water partition coefficient (Wildman–Crippen LogP) is 4.02. The molecule has 0 aromatic carbocycles. The largest absolute Gasteiger partial charge is 0.396 e. The first-order chi connectivity index (χ1) is 13.2. The summed E-state index contributed by atoms with van der Waals surface area (Å²) in [6.45, 7) is 2.57. The Morgan fingerprint density at radius 2 is 2.11 bits per heavy atom. The van der Waals surface area contributed by atoms with Crippen molar-refractivity contribution < 1.29 is 5.11 Å². The van der Waals surface area contributed by atoms with Crippen molar-refractivity contribution in [3.63, 3.8) is 0 Å². The van der Waals surface area contributed by atoms with Crippen molar-refractivity contribution in [3.8, 4) is 11.4 Å². The molecule has 0 bridgehead atoms. The quantitative estimate of drug-likeness (QED) is 0.720. The van der Waals surface area contributed by atoms with Gasteiger partial charge in [0, 0.05) is 24.8 Å². The fourth-order valence-corrected chi connectivity index (χ4v) is 4.30. The van der Waals surface area contributed by atoms with Crippen molar-refractivity contribution in [1.29, 1.82) is 0 Å². The number of aromatic nitrogens is 3. The second kappa shape index (κ2) is 6.34. The number of anilines is 1. The molecule has 2 saturated carbocycles. The minimum Gasteiger partial charge on any atom is -0.396 e. The number of pyridine rings is 2. The summed E-state index contributed by atoms with van der Waals surface area (Å²) in [6.07, 6.45) is 9.99. The van der Waals surface area contributed by atoms with Crippen LogP contribution in [0.15, 0.2) is 42.7 Å². The van der Waals surface area contributed by atoms with Gasteiger partial charge in [0.2, 0.25) is 0 Å². The van der Waals surface area contributed by atoms with Gasteiger partial charge in [-0.05, 0) is 54.9 Å². The summed E-state index contributed by atoms with van der Waals surface area (Å²) in [5.41, 5.74) is 4.59. The van der Waals surface area contributed by atoms with Gasteiger partial charge in [-0.1, -0.05) is 25.5 Å². The van der Waals surface area contributed by atoms with Crippen molar-refractivity contribution >= 4 is 11.5 Å². The topological polar surface area (TPSA) is 62.5 Å². The summed E-state index contributed by atoms with van der Waals surface area (Å²) in [5.74, 6) is 1.20. The van der Waals surface area contributed by atoms with Crippen LogP contribution in [0.25, 0.3) is 17.0 Å². The molecule has 5 heteroatoms. The molecule has 0 amide bonds. The van der Waals surface area contributed by atoms with Crippen molar-refractivity contribution in [1.82, 2.24) is 14.4 Å². The zero-order chi connectivity index (χ0) is 18.4. The third-order valence-corrected chi connectivity index (χ3v) is 6.44. The van der Waals surface area contributed by atoms with Crippen LogP contribution >= 0.6 is 0 Å². The van der Waals surface area contributed by atoms with Crippen LogP contribution in [0.4, 0.5) is 5.82 Å². The van der Waals surface area contributed by atoms with E-state index in [0.29, 0.717) is 17.4 Å². The van der Waals surface area contributed by atoms with Gasteiger partial charge < -0.3 is 10.4 Å². The number of nitrogens with one attached hydrogen (secondary N) is 1. The highest BCUT2D eigenvalue weighted by Crippen LogP contribution is 2.47. The summed E-state index contributed by atoms with van der Waals surface area (Å²) in [4.78, 5) is 9.42. The Kier molecular flexibility index (Phi) is 3.93. The Hall–Kier alpha value is -2.40. The van der Waals surface area contributed by atoms with E-state index in [0.717, 1.165) is 42.1 Å². The van der Waals surface area contributed by atoms with Crippen molar-refractivity contribution in [3.05, 3.63) is 48.3 Å². The normalized spacial score (nSPS) is 23.6. The average Bonchev–Trinajstić information content (AvgIpc) is 3.11. The van der Waals surface area contributed by atoms with Crippen LogP contribution < -0.4 is 5.32 Å². The van der Waals surface area contributed by atoms with Crippen LogP contribution in [0.3, 0.4) is 0 Å². The lowest BCUT2D eigenvalue weighted by molar-refractivity contribution is 0.222. The van der Waals surface area contributed by atoms with Gasteiger partial charge in [-0.2, -0.15) is 0 Å². The summed E-state index contributed by atoms with van der Waals surface area (Å²) >= 11 is 0. The van der Waals surface area contributed by atoms with E-state index < -0.39 is 0 Å². The maximum atomic E-state index is 9.56. The molecule has 2 atom stereocenters. The van der Waals surface area contributed by atoms with Gasteiger partial charge in [0.25, 0.3) is 0 Å². The van der Waals surface area contributed by atoms with Gasteiger partial charge in [0.05, 0.1) is 17.6 Å². The molecule has 3 heterocycles. The Bertz CT molecular complexity index is 975. The SMILES string of the molecule is CC1(c2ccc3ncc(-c4cccc(N[C@H]5CCC[C@@H]5CO)n4)n3c2)CC1. The molecule has 2 aliphatic rings. The zero-order valence-corrected chi connectivity index (χ0v) is 15.7. The van der Waals surface area contributed by atoms with Crippen molar-refractivity contribution in [2.75, 3.05) is 11.9 Å². The number of imidazole rings is 1. The molecule has 2 aliphatic carbocycles. The van der Waals surface area contributed by atoms with Crippen molar-refractivity contribution in [2.45, 2.75) is 50.5 Å². The number of fused-ring (bicyclic) bond motifs is 1. The van der Waals surface area contributed by atoms with Crippen LogP contribution in [0.1, 0.15) is 44.6 Å². The van der Waals surface area contributed by atoms with Crippen LogP contribution in [-0.4, -0.2) is 32.1 Å². The lowest BCUT2D eigenvalue weighted by Crippen LogP contribution is -2.26. The van der Waals surface area contributed by atoms with E-state index in [4.69, 9.17) is 4.98 Å². The Morgan fingerprint density at radius 3 is 2.93 bits per heavy atom. The molecule has 2 N–H and O–H groups in total. The smallest absolute Gasteiger partial charge is 0.137 e. The van der Waals surface area contributed by atoms with Crippen LogP contribution in [0, 0.1) is 5.92 Å². The maximum absolute atomic E-state index is 9.56. The standard InChI is InChI=1S/C22H26N4O/c1-22(10-11-22)16-8-9-21-23-12-19(26(21)13-16)18-6-3-7-20(25-18)24-17-5-2-4-15(17)14-27/h3,6-9,12-13,15,17,27H,2,4-5,10-11,14H2,1H3,(H,24,25)/t15-,17+/m1/s1. The Balaban J connectivity index is 1.48. The fraction of sp³-hybridized carbons (Fsp3) is 0.455. The molecule has 2 fully saturated rings. The van der Waals surface area contributed by atoms with Crippen LogP contribution in [0.5, 0.6) is 0 Å². The monoisotopic (exact) mass is 362 g/mol. The number of aliphatic hydroxyl groups is 1. The van der Waals surface area contributed by atoms with Crippen molar-refractivity contribution in [2.24, 2.45) is 5.92 Å². The maximum Gasteiger partial charge on any atom is 0.137 e. The molecule has 5 nitrogen and oxygen atoms in total. The molecule has 0 unspecified atom stereocenters. The highest BCUT2D eigenvalue weighted by atomic mass is 16.3. The predicted molar refractivity (Wildman–Crippen MR) is 107 cm³/mol. The summed E-state index contributed by atoms with van der Waals surface area (Å²) < 4.78 is 2.16. The molecule has 3 aromatic rings. The second-order valence-corrected chi connectivity index (χ2v) is 8.38. The van der Waals surface area contributed by atoms with Gasteiger partial charge in [-0.3, -0.25) is 4.40 Å². The van der Waals surface area contributed by atoms with E-state index in [1.54, 1.807) is 0 Å². The van der Waals surface area contributed by atoms with Crippen LogP contribution in [0.2, 0.25) is 0 Å². The molecular weight excluding hydrogens is 336 g/mol. The first-order valence-electron chi connectivity index (χ1n) is 9.99. The Morgan fingerprint density at radius 1 is 1.22 bits per heavy atom. The molecule has 0 spiro atoms. The lowest BCUT2D eigenvalue weighted by atomic mass is 10.0. The number of hydrogen-bond donors (Lipinski definition) is 2. The minimum absolute atomic E-state index is 0.242. The molecular formula is C22H26N4O. The molecule has 0 aliphatic heterocycles. The molecule has 5 rings (SSSR count). The van der Waals surface area contributed by atoms with E-state index >= 15 is 0 Å². The second-order valence-electron chi connectivity index (χ2n) is 8.38. The molecule has 0 saturated heterocycles. The zero-order valence-electron chi connectivity index (χ0n) is 15.7.